The lowest BCUT2D eigenvalue weighted by atomic mass is 10.1. The van der Waals surface area contributed by atoms with Gasteiger partial charge in [0.2, 0.25) is 0 Å². The molecule has 0 saturated carbocycles. The van der Waals surface area contributed by atoms with Crippen molar-refractivity contribution in [2.75, 3.05) is 0 Å². The Morgan fingerprint density at radius 1 is 0.291 bits per heavy atom. The summed E-state index contributed by atoms with van der Waals surface area (Å²) < 4.78 is 6.38. The third-order valence-corrected chi connectivity index (χ3v) is 18.7. The number of hydrogen-bond donors (Lipinski definition) is 0. The Morgan fingerprint density at radius 2 is 0.545 bits per heavy atom. The van der Waals surface area contributed by atoms with Gasteiger partial charge in [-0.05, 0) is 68.6 Å². The molecule has 0 aromatic heterocycles. The van der Waals surface area contributed by atoms with E-state index in [1.807, 2.05) is 0 Å². The van der Waals surface area contributed by atoms with E-state index in [2.05, 4.69) is 237 Å². The monoisotopic (exact) mass is 741 g/mol. The summed E-state index contributed by atoms with van der Waals surface area (Å²) in [6.45, 7) is 2.28. The van der Waals surface area contributed by atoms with E-state index < -0.39 is 14.1 Å². The Morgan fingerprint density at radius 3 is 0.836 bits per heavy atom. The topological polar surface area (TPSA) is 12.4 Å². The molecule has 0 fully saturated rings. The Bertz CT molecular complexity index is 2350. The molecule has 0 amide bonds. The van der Waals surface area contributed by atoms with Crippen molar-refractivity contribution in [1.82, 2.24) is 0 Å². The molecule has 0 N–H and O–H groups in total. The van der Waals surface area contributed by atoms with Gasteiger partial charge in [-0.1, -0.05) is 218 Å². The van der Waals surface area contributed by atoms with Crippen molar-refractivity contribution in [3.8, 4) is 44.5 Å². The van der Waals surface area contributed by atoms with Gasteiger partial charge in [0, 0.05) is 21.2 Å². The highest BCUT2D eigenvalue weighted by molar-refractivity contribution is 7.96. The van der Waals surface area contributed by atoms with Gasteiger partial charge in [0.15, 0.2) is 0 Å². The maximum absolute atomic E-state index is 6.38. The molecule has 0 atom stereocenters. The van der Waals surface area contributed by atoms with E-state index in [9.17, 15) is 0 Å². The number of hydrogen-bond acceptors (Lipinski definition) is 1. The lowest BCUT2D eigenvalue weighted by Crippen LogP contribution is -2.23. The summed E-state index contributed by atoms with van der Waals surface area (Å²) in [5.41, 5.74) is 11.0. The molecule has 9 rings (SSSR count). The summed E-state index contributed by atoms with van der Waals surface area (Å²) >= 11 is 0. The van der Waals surface area contributed by atoms with Gasteiger partial charge >= 0.3 is 0 Å². The van der Waals surface area contributed by atoms with Crippen molar-refractivity contribution in [1.29, 1.82) is 0 Å². The minimum Gasteiger partial charge on any atom is -0.260 e. The van der Waals surface area contributed by atoms with Crippen LogP contribution in [0.25, 0.3) is 44.5 Å². The summed E-state index contributed by atoms with van der Waals surface area (Å²) in [7, 11) is -4.97. The standard InChI is InChI=1S/C52H41NP2/c1-40-38-54(49-30-22-45(23-31-49)41-14-6-2-7-15-41,50-32-24-46(25-33-50)42-16-8-3-9-17-42)53-55(39-40,51-34-26-47(27-35-51)43-18-10-4-11-19-43)52-36-28-48(29-37-52)44-20-12-5-13-21-44/h2-39H,1H3. The van der Waals surface area contributed by atoms with Crippen LogP contribution in [0.5, 0.6) is 0 Å². The van der Waals surface area contributed by atoms with Crippen molar-refractivity contribution in [3.05, 3.63) is 230 Å². The van der Waals surface area contributed by atoms with E-state index in [0.717, 1.165) is 0 Å². The minimum atomic E-state index is -2.49. The minimum absolute atomic E-state index is 1.21. The van der Waals surface area contributed by atoms with Crippen molar-refractivity contribution in [3.63, 3.8) is 0 Å². The molecule has 0 aliphatic carbocycles. The van der Waals surface area contributed by atoms with Crippen LogP contribution in [0.3, 0.4) is 0 Å². The van der Waals surface area contributed by atoms with Crippen LogP contribution in [0.1, 0.15) is 6.92 Å². The number of rotatable bonds is 8. The number of allylic oxidation sites excluding steroid dienone is 1. The summed E-state index contributed by atoms with van der Waals surface area (Å²) in [5, 5.41) is 5.05. The molecular weight excluding hydrogens is 701 g/mol. The second kappa shape index (κ2) is 15.0. The van der Waals surface area contributed by atoms with E-state index in [-0.39, 0.29) is 0 Å². The normalized spacial score (nSPS) is 14.2. The molecule has 55 heavy (non-hydrogen) atoms. The van der Waals surface area contributed by atoms with Gasteiger partial charge in [0.25, 0.3) is 0 Å². The fourth-order valence-corrected chi connectivity index (χ4v) is 16.6. The SMILES string of the molecule is CC1=CP(c2ccc(-c3ccccc3)cc2)(c2ccc(-c3ccccc3)cc2)=NP(c2ccc(-c3ccccc3)cc2)(c2ccc(-c3ccccc3)cc2)=C1. The van der Waals surface area contributed by atoms with Gasteiger partial charge in [-0.25, -0.2) is 0 Å². The first-order valence-corrected chi connectivity index (χ1v) is 22.4. The summed E-state index contributed by atoms with van der Waals surface area (Å²) in [4.78, 5) is 0. The van der Waals surface area contributed by atoms with Gasteiger partial charge in [-0.2, -0.15) is 0 Å². The maximum atomic E-state index is 6.38. The van der Waals surface area contributed by atoms with E-state index in [1.54, 1.807) is 0 Å². The average Bonchev–Trinajstić information content (AvgIpc) is 3.27. The zero-order valence-corrected chi connectivity index (χ0v) is 32.6. The Kier molecular flexibility index (Phi) is 9.51. The second-order valence-electron chi connectivity index (χ2n) is 14.1. The molecule has 3 heteroatoms. The predicted molar refractivity (Wildman–Crippen MR) is 242 cm³/mol. The van der Waals surface area contributed by atoms with E-state index in [1.165, 1.54) is 71.3 Å². The molecule has 1 heterocycles. The summed E-state index contributed by atoms with van der Waals surface area (Å²) in [5.74, 6) is 4.99. The Balaban J connectivity index is 1.29. The van der Waals surface area contributed by atoms with Crippen LogP contribution in [0.15, 0.2) is 234 Å². The van der Waals surface area contributed by atoms with Crippen LogP contribution in [-0.4, -0.2) is 5.80 Å². The summed E-state index contributed by atoms with van der Waals surface area (Å²) in [6, 6.07) is 79.6. The van der Waals surface area contributed by atoms with Crippen LogP contribution in [0.4, 0.5) is 0 Å². The van der Waals surface area contributed by atoms with Gasteiger partial charge in [-0.15, -0.1) is 0 Å². The van der Waals surface area contributed by atoms with E-state index in [4.69, 9.17) is 4.52 Å². The highest BCUT2D eigenvalue weighted by Crippen LogP contribution is 2.64. The largest absolute Gasteiger partial charge is 0.260 e. The highest BCUT2D eigenvalue weighted by atomic mass is 31.2. The van der Waals surface area contributed by atoms with Crippen molar-refractivity contribution in [2.24, 2.45) is 4.52 Å². The Hall–Kier alpha value is -5.97. The smallest absolute Gasteiger partial charge is 0.0533 e. The lowest BCUT2D eigenvalue weighted by Gasteiger charge is -2.35. The van der Waals surface area contributed by atoms with Gasteiger partial charge in [-0.3, -0.25) is 4.52 Å². The van der Waals surface area contributed by atoms with Gasteiger partial charge < -0.3 is 0 Å². The van der Waals surface area contributed by atoms with E-state index >= 15 is 0 Å². The third kappa shape index (κ3) is 6.83. The molecule has 8 aromatic rings. The zero-order valence-electron chi connectivity index (χ0n) is 30.8. The van der Waals surface area contributed by atoms with Crippen LogP contribution in [0, 0.1) is 0 Å². The second-order valence-corrected chi connectivity index (χ2v) is 20.2. The van der Waals surface area contributed by atoms with Crippen molar-refractivity contribution >= 4 is 41.1 Å². The molecule has 0 radical (unpaired) electrons. The van der Waals surface area contributed by atoms with Gasteiger partial charge in [0.1, 0.15) is 0 Å². The van der Waals surface area contributed by atoms with Crippen LogP contribution < -0.4 is 21.2 Å². The average molecular weight is 742 g/mol. The zero-order chi connectivity index (χ0) is 37.1. The lowest BCUT2D eigenvalue weighted by molar-refractivity contribution is 1.61. The summed E-state index contributed by atoms with van der Waals surface area (Å²) in [6.07, 6.45) is 0. The fraction of sp³-hybridized carbons (Fsp3) is 0.0192. The first-order chi connectivity index (χ1) is 27.1. The molecule has 0 spiro atoms. The molecule has 8 aromatic carbocycles. The molecule has 1 aliphatic rings. The first kappa shape index (κ1) is 34.8. The van der Waals surface area contributed by atoms with Crippen molar-refractivity contribution < 1.29 is 0 Å². The molecule has 0 saturated heterocycles. The molecule has 0 bridgehead atoms. The fourth-order valence-electron chi connectivity index (χ4n) is 7.75. The van der Waals surface area contributed by atoms with Crippen LogP contribution >= 0.6 is 14.1 Å². The molecule has 1 nitrogen and oxygen atoms in total. The molecule has 264 valence electrons. The van der Waals surface area contributed by atoms with Crippen LogP contribution in [-0.2, 0) is 0 Å². The predicted octanol–water partition coefficient (Wildman–Crippen LogP) is 12.8. The first-order valence-electron chi connectivity index (χ1n) is 18.8. The van der Waals surface area contributed by atoms with Crippen LogP contribution in [0.2, 0.25) is 0 Å². The van der Waals surface area contributed by atoms with E-state index in [0.29, 0.717) is 0 Å². The van der Waals surface area contributed by atoms with Crippen molar-refractivity contribution in [2.45, 2.75) is 6.92 Å². The third-order valence-electron chi connectivity index (χ3n) is 10.5. The molecule has 1 aliphatic heterocycles. The number of benzene rings is 8. The van der Waals surface area contributed by atoms with Gasteiger partial charge in [0.05, 0.1) is 14.1 Å². The highest BCUT2D eigenvalue weighted by Gasteiger charge is 2.33. The Labute approximate surface area is 325 Å². The molecular formula is C52H41NP2. The maximum Gasteiger partial charge on any atom is 0.0533 e. The number of nitrogens with zero attached hydrogens (tertiary/aromatic N) is 1. The molecule has 0 unspecified atom stereocenters. The quantitative estimate of drug-likeness (QED) is 0.138.